The van der Waals surface area contributed by atoms with E-state index in [2.05, 4.69) is 12.2 Å². The van der Waals surface area contributed by atoms with Crippen molar-refractivity contribution in [1.82, 2.24) is 10.2 Å². The molecule has 0 atom stereocenters. The summed E-state index contributed by atoms with van der Waals surface area (Å²) < 4.78 is 0. The number of piperazine rings is 1. The second-order valence-electron chi connectivity index (χ2n) is 5.34. The van der Waals surface area contributed by atoms with Gasteiger partial charge in [-0.05, 0) is 38.8 Å². The molecular weight excluding hydrogens is 260 g/mol. The Labute approximate surface area is 117 Å². The van der Waals surface area contributed by atoms with E-state index >= 15 is 0 Å². The van der Waals surface area contributed by atoms with Crippen LogP contribution in [0.15, 0.2) is 6.07 Å². The van der Waals surface area contributed by atoms with Crippen molar-refractivity contribution in [1.29, 1.82) is 0 Å². The highest BCUT2D eigenvalue weighted by Gasteiger charge is 2.41. The minimum Gasteiger partial charge on any atom is -0.352 e. The van der Waals surface area contributed by atoms with Gasteiger partial charge in [0.25, 0.3) is 5.91 Å². The molecule has 1 aromatic heterocycles. The first-order valence-corrected chi connectivity index (χ1v) is 7.39. The van der Waals surface area contributed by atoms with Gasteiger partial charge in [0.2, 0.25) is 5.91 Å². The standard InChI is InChI=1S/C14H20N2O2S/c1-5-10-9(2)8-11(19-10)12(17)16-7-6-15-13(18)14(16,3)4/h8H,5-7H2,1-4H3,(H,15,18). The van der Waals surface area contributed by atoms with E-state index in [1.807, 2.05) is 13.0 Å². The molecule has 1 N–H and O–H groups in total. The van der Waals surface area contributed by atoms with Crippen molar-refractivity contribution in [2.75, 3.05) is 13.1 Å². The van der Waals surface area contributed by atoms with Crippen molar-refractivity contribution in [2.45, 2.75) is 39.7 Å². The molecule has 2 amide bonds. The van der Waals surface area contributed by atoms with E-state index in [9.17, 15) is 9.59 Å². The molecule has 2 heterocycles. The Morgan fingerprint density at radius 2 is 2.21 bits per heavy atom. The van der Waals surface area contributed by atoms with Crippen LogP contribution in [0.1, 0.15) is 40.9 Å². The highest BCUT2D eigenvalue weighted by Crippen LogP contribution is 2.27. The maximum absolute atomic E-state index is 12.6. The summed E-state index contributed by atoms with van der Waals surface area (Å²) in [7, 11) is 0. The molecule has 0 saturated carbocycles. The van der Waals surface area contributed by atoms with Crippen molar-refractivity contribution in [3.8, 4) is 0 Å². The van der Waals surface area contributed by atoms with Crippen LogP contribution in [-0.2, 0) is 11.2 Å². The zero-order valence-electron chi connectivity index (χ0n) is 11.9. The van der Waals surface area contributed by atoms with Gasteiger partial charge in [-0.15, -0.1) is 11.3 Å². The van der Waals surface area contributed by atoms with Gasteiger partial charge in [-0.25, -0.2) is 0 Å². The van der Waals surface area contributed by atoms with Crippen LogP contribution in [-0.4, -0.2) is 35.3 Å². The first-order valence-electron chi connectivity index (χ1n) is 6.57. The van der Waals surface area contributed by atoms with Crippen molar-refractivity contribution >= 4 is 23.2 Å². The molecule has 2 rings (SSSR count). The van der Waals surface area contributed by atoms with Crippen molar-refractivity contribution in [3.63, 3.8) is 0 Å². The van der Waals surface area contributed by atoms with Crippen LogP contribution in [0.2, 0.25) is 0 Å². The predicted molar refractivity (Wildman–Crippen MR) is 76.6 cm³/mol. The third kappa shape index (κ3) is 2.39. The number of amides is 2. The van der Waals surface area contributed by atoms with E-state index in [1.165, 1.54) is 4.88 Å². The molecule has 104 valence electrons. The van der Waals surface area contributed by atoms with Gasteiger partial charge in [-0.1, -0.05) is 6.92 Å². The van der Waals surface area contributed by atoms with E-state index in [4.69, 9.17) is 0 Å². The molecule has 1 aliphatic heterocycles. The first kappa shape index (κ1) is 14.1. The molecule has 0 bridgehead atoms. The second-order valence-corrected chi connectivity index (χ2v) is 6.48. The Kier molecular flexibility index (Phi) is 3.67. The molecule has 1 fully saturated rings. The number of carbonyl (C=O) groups excluding carboxylic acids is 2. The number of thiophene rings is 1. The predicted octanol–water partition coefficient (Wildman–Crippen LogP) is 1.97. The zero-order chi connectivity index (χ0) is 14.2. The summed E-state index contributed by atoms with van der Waals surface area (Å²) in [5, 5.41) is 2.81. The highest BCUT2D eigenvalue weighted by molar-refractivity contribution is 7.14. The summed E-state index contributed by atoms with van der Waals surface area (Å²) in [6.07, 6.45) is 0.938. The summed E-state index contributed by atoms with van der Waals surface area (Å²) in [5.74, 6) is -0.122. The Balaban J connectivity index is 2.30. The summed E-state index contributed by atoms with van der Waals surface area (Å²) >= 11 is 1.54. The molecular formula is C14H20N2O2S. The molecule has 4 nitrogen and oxygen atoms in total. The van der Waals surface area contributed by atoms with Crippen LogP contribution in [0.25, 0.3) is 0 Å². The van der Waals surface area contributed by atoms with Crippen LogP contribution in [0.3, 0.4) is 0 Å². The quantitative estimate of drug-likeness (QED) is 0.900. The lowest BCUT2D eigenvalue weighted by molar-refractivity contribution is -0.133. The van der Waals surface area contributed by atoms with E-state index in [0.29, 0.717) is 13.1 Å². The van der Waals surface area contributed by atoms with Gasteiger partial charge in [-0.2, -0.15) is 0 Å². The third-order valence-corrected chi connectivity index (χ3v) is 5.02. The van der Waals surface area contributed by atoms with E-state index in [0.717, 1.165) is 16.9 Å². The smallest absolute Gasteiger partial charge is 0.264 e. The van der Waals surface area contributed by atoms with E-state index in [1.54, 1.807) is 30.1 Å². The van der Waals surface area contributed by atoms with Gasteiger partial charge in [-0.3, -0.25) is 9.59 Å². The molecule has 1 aliphatic rings. The summed E-state index contributed by atoms with van der Waals surface area (Å²) in [5.41, 5.74) is 0.384. The number of aryl methyl sites for hydroxylation is 2. The van der Waals surface area contributed by atoms with Crippen LogP contribution < -0.4 is 5.32 Å². The summed E-state index contributed by atoms with van der Waals surface area (Å²) in [6, 6.07) is 1.94. The van der Waals surface area contributed by atoms with Crippen LogP contribution in [0, 0.1) is 6.92 Å². The fourth-order valence-electron chi connectivity index (χ4n) is 2.36. The van der Waals surface area contributed by atoms with Gasteiger partial charge in [0.05, 0.1) is 4.88 Å². The molecule has 19 heavy (non-hydrogen) atoms. The lowest BCUT2D eigenvalue weighted by Gasteiger charge is -2.40. The number of hydrogen-bond donors (Lipinski definition) is 1. The van der Waals surface area contributed by atoms with E-state index in [-0.39, 0.29) is 11.8 Å². The number of rotatable bonds is 2. The maximum atomic E-state index is 12.6. The minimum absolute atomic E-state index is 0.0346. The van der Waals surface area contributed by atoms with Crippen molar-refractivity contribution < 1.29 is 9.59 Å². The molecule has 0 aromatic carbocycles. The number of hydrogen-bond acceptors (Lipinski definition) is 3. The number of nitrogens with one attached hydrogen (secondary N) is 1. The SMILES string of the molecule is CCc1sc(C(=O)N2CCNC(=O)C2(C)C)cc1C. The highest BCUT2D eigenvalue weighted by atomic mass is 32.1. The Bertz CT molecular complexity index is 520. The molecule has 0 aliphatic carbocycles. The van der Waals surface area contributed by atoms with E-state index < -0.39 is 5.54 Å². The molecule has 0 unspecified atom stereocenters. The zero-order valence-corrected chi connectivity index (χ0v) is 12.7. The van der Waals surface area contributed by atoms with Crippen LogP contribution in [0.4, 0.5) is 0 Å². The van der Waals surface area contributed by atoms with Gasteiger partial charge >= 0.3 is 0 Å². The van der Waals surface area contributed by atoms with Gasteiger partial charge in [0.15, 0.2) is 0 Å². The van der Waals surface area contributed by atoms with Crippen molar-refractivity contribution in [3.05, 3.63) is 21.4 Å². The van der Waals surface area contributed by atoms with Crippen LogP contribution in [0.5, 0.6) is 0 Å². The fourth-order valence-corrected chi connectivity index (χ4v) is 3.43. The molecule has 0 spiro atoms. The van der Waals surface area contributed by atoms with Crippen LogP contribution >= 0.6 is 11.3 Å². The molecule has 0 radical (unpaired) electrons. The van der Waals surface area contributed by atoms with Gasteiger partial charge in [0.1, 0.15) is 5.54 Å². The maximum Gasteiger partial charge on any atom is 0.264 e. The molecule has 1 aromatic rings. The van der Waals surface area contributed by atoms with Gasteiger partial charge < -0.3 is 10.2 Å². The Morgan fingerprint density at radius 3 is 2.79 bits per heavy atom. The lowest BCUT2D eigenvalue weighted by atomic mass is 9.98. The number of nitrogens with zero attached hydrogens (tertiary/aromatic N) is 1. The Hall–Kier alpha value is -1.36. The second kappa shape index (κ2) is 4.96. The largest absolute Gasteiger partial charge is 0.352 e. The minimum atomic E-state index is -0.778. The average molecular weight is 280 g/mol. The normalized spacial score (nSPS) is 18.3. The summed E-state index contributed by atoms with van der Waals surface area (Å²) in [6.45, 7) is 8.79. The first-order chi connectivity index (χ1) is 8.87. The molecule has 5 heteroatoms. The lowest BCUT2D eigenvalue weighted by Crippen LogP contribution is -2.63. The van der Waals surface area contributed by atoms with Gasteiger partial charge in [0, 0.05) is 18.0 Å². The topological polar surface area (TPSA) is 49.4 Å². The average Bonchev–Trinajstić information content (AvgIpc) is 2.73. The fraction of sp³-hybridized carbons (Fsp3) is 0.571. The van der Waals surface area contributed by atoms with Crippen molar-refractivity contribution in [2.24, 2.45) is 0 Å². The molecule has 1 saturated heterocycles. The summed E-state index contributed by atoms with van der Waals surface area (Å²) in [4.78, 5) is 28.1. The number of carbonyl (C=O) groups is 2. The Morgan fingerprint density at radius 1 is 1.53 bits per heavy atom. The monoisotopic (exact) mass is 280 g/mol. The third-order valence-electron chi connectivity index (χ3n) is 3.65.